The molecule has 13 heavy (non-hydrogen) atoms. The van der Waals surface area contributed by atoms with Gasteiger partial charge in [0, 0.05) is 6.20 Å². The average Bonchev–Trinajstić information content (AvgIpc) is 2.69. The molecule has 2 rings (SSSR count). The van der Waals surface area contributed by atoms with Gasteiger partial charge in [-0.05, 0) is 24.5 Å². The van der Waals surface area contributed by atoms with Crippen molar-refractivity contribution in [3.63, 3.8) is 0 Å². The summed E-state index contributed by atoms with van der Waals surface area (Å²) in [4.78, 5) is 7.11. The fraction of sp³-hybridized carbons (Fsp3) is 0.182. The monoisotopic (exact) mass is 171 g/mol. The second kappa shape index (κ2) is 3.90. The number of hydrogen-bond acceptors (Lipinski definition) is 1. The van der Waals surface area contributed by atoms with E-state index in [2.05, 4.69) is 22.1 Å². The minimum Gasteiger partial charge on any atom is -0.351 e. The van der Waals surface area contributed by atoms with Gasteiger partial charge in [0.25, 0.3) is 0 Å². The summed E-state index contributed by atoms with van der Waals surface area (Å²) in [6.45, 7) is 0. The number of hydrogen-bond donors (Lipinski definition) is 1. The number of aromatic amines is 1. The number of aryl methyl sites for hydroxylation is 2. The molecule has 1 radical (unpaired) electrons. The molecule has 0 bridgehead atoms. The Hall–Kier alpha value is -1.57. The predicted molar refractivity (Wildman–Crippen MR) is 51.3 cm³/mol. The molecule has 0 aliphatic carbocycles. The Bertz CT molecular complexity index is 338. The fourth-order valence-electron chi connectivity index (χ4n) is 1.28. The Kier molecular flexibility index (Phi) is 2.41. The van der Waals surface area contributed by atoms with Crippen molar-refractivity contribution < 1.29 is 0 Å². The molecule has 0 atom stereocenters. The molecule has 65 valence electrons. The summed E-state index contributed by atoms with van der Waals surface area (Å²) in [5.41, 5.74) is 2.35. The smallest absolute Gasteiger partial charge is 0.0923 e. The molecule has 1 N–H and O–H groups in total. The molecule has 2 aromatic rings. The standard InChI is InChI=1S/C11H11N2/c1-2-4-10(5-3-1)6-7-11-8-12-9-13-11/h1-4,8-9H,6-7H2,(H,12,13). The average molecular weight is 171 g/mol. The third-order valence-corrected chi connectivity index (χ3v) is 1.98. The van der Waals surface area contributed by atoms with Gasteiger partial charge >= 0.3 is 0 Å². The third-order valence-electron chi connectivity index (χ3n) is 1.98. The molecule has 0 saturated heterocycles. The molecule has 1 aromatic heterocycles. The van der Waals surface area contributed by atoms with Gasteiger partial charge in [0.2, 0.25) is 0 Å². The van der Waals surface area contributed by atoms with Crippen molar-refractivity contribution in [2.75, 3.05) is 0 Å². The first kappa shape index (κ1) is 8.05. The maximum absolute atomic E-state index is 4.16. The van der Waals surface area contributed by atoms with Crippen LogP contribution in [0.1, 0.15) is 11.3 Å². The lowest BCUT2D eigenvalue weighted by atomic mass is 10.1. The SMILES string of the molecule is [c]1ccccc1CCc1c[nH]cn1. The molecule has 1 heterocycles. The van der Waals surface area contributed by atoms with Crippen molar-refractivity contribution in [3.8, 4) is 0 Å². The fourth-order valence-corrected chi connectivity index (χ4v) is 1.28. The number of nitrogens with one attached hydrogen (secondary N) is 1. The van der Waals surface area contributed by atoms with Crippen LogP contribution in [0.25, 0.3) is 0 Å². The number of aromatic nitrogens is 2. The highest BCUT2D eigenvalue weighted by Crippen LogP contribution is 2.03. The first-order valence-corrected chi connectivity index (χ1v) is 4.38. The van der Waals surface area contributed by atoms with Gasteiger partial charge in [-0.3, -0.25) is 0 Å². The largest absolute Gasteiger partial charge is 0.351 e. The second-order valence-corrected chi connectivity index (χ2v) is 2.95. The normalized spacial score (nSPS) is 10.2. The van der Waals surface area contributed by atoms with Gasteiger partial charge in [-0.15, -0.1) is 0 Å². The van der Waals surface area contributed by atoms with Crippen LogP contribution >= 0.6 is 0 Å². The molecule has 0 spiro atoms. The van der Waals surface area contributed by atoms with E-state index in [0.717, 1.165) is 18.5 Å². The van der Waals surface area contributed by atoms with Gasteiger partial charge < -0.3 is 4.98 Å². The van der Waals surface area contributed by atoms with Gasteiger partial charge in [-0.2, -0.15) is 0 Å². The molecule has 0 amide bonds. The van der Waals surface area contributed by atoms with E-state index < -0.39 is 0 Å². The molecular formula is C11H11N2. The van der Waals surface area contributed by atoms with Crippen LogP contribution in [0, 0.1) is 6.07 Å². The van der Waals surface area contributed by atoms with Crippen LogP contribution in [0.3, 0.4) is 0 Å². The Morgan fingerprint density at radius 2 is 2.31 bits per heavy atom. The molecule has 0 fully saturated rings. The van der Waals surface area contributed by atoms with Crippen LogP contribution in [0.15, 0.2) is 36.8 Å². The highest BCUT2D eigenvalue weighted by molar-refractivity contribution is 5.14. The van der Waals surface area contributed by atoms with E-state index in [1.54, 1.807) is 6.33 Å². The van der Waals surface area contributed by atoms with E-state index in [1.165, 1.54) is 5.56 Å². The molecule has 0 saturated carbocycles. The molecule has 2 heteroatoms. The van der Waals surface area contributed by atoms with E-state index >= 15 is 0 Å². The minimum absolute atomic E-state index is 0.976. The first-order valence-electron chi connectivity index (χ1n) is 4.38. The van der Waals surface area contributed by atoms with Crippen molar-refractivity contribution in [2.45, 2.75) is 12.8 Å². The predicted octanol–water partition coefficient (Wildman–Crippen LogP) is 2.00. The number of benzene rings is 1. The zero-order chi connectivity index (χ0) is 8.93. The van der Waals surface area contributed by atoms with Crippen molar-refractivity contribution in [1.29, 1.82) is 0 Å². The van der Waals surface area contributed by atoms with Crippen LogP contribution in [-0.4, -0.2) is 9.97 Å². The van der Waals surface area contributed by atoms with Gasteiger partial charge in [-0.25, -0.2) is 4.98 Å². The Morgan fingerprint density at radius 3 is 3.00 bits per heavy atom. The Balaban J connectivity index is 1.94. The molecule has 2 nitrogen and oxygen atoms in total. The number of nitrogens with zero attached hydrogens (tertiary/aromatic N) is 1. The van der Waals surface area contributed by atoms with Crippen LogP contribution in [-0.2, 0) is 12.8 Å². The van der Waals surface area contributed by atoms with Crippen molar-refractivity contribution in [2.24, 2.45) is 0 Å². The third kappa shape index (κ3) is 2.18. The van der Waals surface area contributed by atoms with E-state index in [4.69, 9.17) is 0 Å². The lowest BCUT2D eigenvalue weighted by molar-refractivity contribution is 0.924. The van der Waals surface area contributed by atoms with Crippen LogP contribution < -0.4 is 0 Å². The molecule has 0 aliphatic rings. The summed E-state index contributed by atoms with van der Waals surface area (Å²) in [5.74, 6) is 0. The highest BCUT2D eigenvalue weighted by atomic mass is 14.9. The topological polar surface area (TPSA) is 28.7 Å². The quantitative estimate of drug-likeness (QED) is 0.751. The van der Waals surface area contributed by atoms with Gasteiger partial charge in [0.15, 0.2) is 0 Å². The summed E-state index contributed by atoms with van der Waals surface area (Å²) in [6.07, 6.45) is 5.63. The summed E-state index contributed by atoms with van der Waals surface area (Å²) in [6, 6.07) is 11.2. The zero-order valence-electron chi connectivity index (χ0n) is 7.33. The molecule has 1 aromatic carbocycles. The Labute approximate surface area is 77.6 Å². The van der Waals surface area contributed by atoms with Crippen molar-refractivity contribution >= 4 is 0 Å². The highest BCUT2D eigenvalue weighted by Gasteiger charge is 1.95. The summed E-state index contributed by atoms with van der Waals surface area (Å²) in [5, 5.41) is 0. The molecular weight excluding hydrogens is 160 g/mol. The second-order valence-electron chi connectivity index (χ2n) is 2.95. The van der Waals surface area contributed by atoms with E-state index in [-0.39, 0.29) is 0 Å². The lowest BCUT2D eigenvalue weighted by Crippen LogP contribution is -1.90. The maximum Gasteiger partial charge on any atom is 0.0923 e. The van der Waals surface area contributed by atoms with Crippen molar-refractivity contribution in [3.05, 3.63) is 54.1 Å². The van der Waals surface area contributed by atoms with Gasteiger partial charge in [0.1, 0.15) is 0 Å². The van der Waals surface area contributed by atoms with E-state index in [0.29, 0.717) is 0 Å². The van der Waals surface area contributed by atoms with Crippen LogP contribution in [0.2, 0.25) is 0 Å². The number of rotatable bonds is 3. The summed E-state index contributed by atoms with van der Waals surface area (Å²) < 4.78 is 0. The zero-order valence-corrected chi connectivity index (χ0v) is 7.33. The number of H-pyrrole nitrogens is 1. The summed E-state index contributed by atoms with van der Waals surface area (Å²) in [7, 11) is 0. The van der Waals surface area contributed by atoms with E-state index in [1.807, 2.05) is 24.4 Å². The van der Waals surface area contributed by atoms with Gasteiger partial charge in [0.05, 0.1) is 12.0 Å². The maximum atomic E-state index is 4.16. The summed E-state index contributed by atoms with van der Waals surface area (Å²) >= 11 is 0. The van der Waals surface area contributed by atoms with Crippen LogP contribution in [0.5, 0.6) is 0 Å². The lowest BCUT2D eigenvalue weighted by Gasteiger charge is -1.96. The first-order chi connectivity index (χ1) is 6.45. The van der Waals surface area contributed by atoms with E-state index in [9.17, 15) is 0 Å². The van der Waals surface area contributed by atoms with Crippen LogP contribution in [0.4, 0.5) is 0 Å². The van der Waals surface area contributed by atoms with Crippen molar-refractivity contribution in [1.82, 2.24) is 9.97 Å². The number of imidazole rings is 1. The minimum atomic E-state index is 0.976. The van der Waals surface area contributed by atoms with Gasteiger partial charge in [-0.1, -0.05) is 24.3 Å². The Morgan fingerprint density at radius 1 is 1.31 bits per heavy atom. The molecule has 0 aliphatic heterocycles. The molecule has 0 unspecified atom stereocenters.